The van der Waals surface area contributed by atoms with E-state index in [0.717, 1.165) is 25.7 Å². The molecule has 0 saturated heterocycles. The highest BCUT2D eigenvalue weighted by Crippen LogP contribution is 2.45. The predicted octanol–water partition coefficient (Wildman–Crippen LogP) is 2.84. The molecule has 0 heterocycles. The second-order valence-electron chi connectivity index (χ2n) is 3.79. The van der Waals surface area contributed by atoms with Crippen molar-refractivity contribution in [1.82, 2.24) is 0 Å². The standard InChI is InChI=1S/C10H13BrO/c11-10-7-2-1-4-8(10)5-3-6-9(10)12/h1-2,8H,3-7H2/t8-,10+/m0/s1. The smallest absolute Gasteiger partial charge is 0.150 e. The Balaban J connectivity index is 2.27. The summed E-state index contributed by atoms with van der Waals surface area (Å²) in [6, 6.07) is 0. The van der Waals surface area contributed by atoms with E-state index in [1.165, 1.54) is 6.42 Å². The molecule has 1 nitrogen and oxygen atoms in total. The largest absolute Gasteiger partial charge is 0.298 e. The van der Waals surface area contributed by atoms with Crippen LogP contribution in [0.5, 0.6) is 0 Å². The third-order valence-corrected chi connectivity index (χ3v) is 4.48. The van der Waals surface area contributed by atoms with Crippen molar-refractivity contribution in [3.8, 4) is 0 Å². The van der Waals surface area contributed by atoms with Gasteiger partial charge in [-0.15, -0.1) is 0 Å². The van der Waals surface area contributed by atoms with Crippen LogP contribution in [0.1, 0.15) is 32.1 Å². The van der Waals surface area contributed by atoms with E-state index < -0.39 is 0 Å². The fourth-order valence-corrected chi connectivity index (χ4v) is 3.07. The first-order valence-corrected chi connectivity index (χ1v) is 5.40. The molecule has 0 aliphatic heterocycles. The minimum Gasteiger partial charge on any atom is -0.298 e. The average Bonchev–Trinajstić information content (AvgIpc) is 2.07. The number of rotatable bonds is 0. The van der Waals surface area contributed by atoms with Crippen molar-refractivity contribution in [2.24, 2.45) is 5.92 Å². The molecule has 1 fully saturated rings. The molecule has 0 unspecified atom stereocenters. The molecule has 0 aromatic rings. The first kappa shape index (κ1) is 8.49. The van der Waals surface area contributed by atoms with Crippen LogP contribution in [-0.4, -0.2) is 10.1 Å². The van der Waals surface area contributed by atoms with Gasteiger partial charge in [-0.25, -0.2) is 0 Å². The zero-order chi connectivity index (χ0) is 8.60. The maximum atomic E-state index is 11.7. The summed E-state index contributed by atoms with van der Waals surface area (Å²) in [5, 5.41) is 0. The molecule has 0 N–H and O–H groups in total. The molecule has 2 heteroatoms. The second-order valence-corrected chi connectivity index (χ2v) is 5.20. The van der Waals surface area contributed by atoms with Crippen LogP contribution < -0.4 is 0 Å². The van der Waals surface area contributed by atoms with Gasteiger partial charge in [-0.3, -0.25) is 4.79 Å². The van der Waals surface area contributed by atoms with Gasteiger partial charge >= 0.3 is 0 Å². The van der Waals surface area contributed by atoms with Crippen molar-refractivity contribution in [3.05, 3.63) is 12.2 Å². The van der Waals surface area contributed by atoms with E-state index in [9.17, 15) is 4.79 Å². The highest BCUT2D eigenvalue weighted by Gasteiger charge is 2.44. The van der Waals surface area contributed by atoms with Gasteiger partial charge in [0.05, 0.1) is 4.32 Å². The van der Waals surface area contributed by atoms with Crippen molar-refractivity contribution in [3.63, 3.8) is 0 Å². The fraction of sp³-hybridized carbons (Fsp3) is 0.700. The van der Waals surface area contributed by atoms with E-state index in [1.54, 1.807) is 0 Å². The third-order valence-electron chi connectivity index (χ3n) is 3.07. The molecule has 12 heavy (non-hydrogen) atoms. The van der Waals surface area contributed by atoms with Crippen molar-refractivity contribution >= 4 is 21.7 Å². The number of fused-ring (bicyclic) bond motifs is 1. The zero-order valence-corrected chi connectivity index (χ0v) is 8.64. The van der Waals surface area contributed by atoms with Gasteiger partial charge in [-0.05, 0) is 31.6 Å². The van der Waals surface area contributed by atoms with Gasteiger partial charge in [0.2, 0.25) is 0 Å². The van der Waals surface area contributed by atoms with Gasteiger partial charge in [0.15, 0.2) is 0 Å². The molecular formula is C10H13BrO. The summed E-state index contributed by atoms with van der Waals surface area (Å²) in [4.78, 5) is 11.7. The number of carbonyl (C=O) groups excluding carboxylic acids is 1. The van der Waals surface area contributed by atoms with Gasteiger partial charge < -0.3 is 0 Å². The molecule has 2 atom stereocenters. The lowest BCUT2D eigenvalue weighted by atomic mass is 9.72. The monoisotopic (exact) mass is 228 g/mol. The van der Waals surface area contributed by atoms with Crippen molar-refractivity contribution in [2.75, 3.05) is 0 Å². The molecule has 0 aromatic carbocycles. The molecule has 66 valence electrons. The lowest BCUT2D eigenvalue weighted by Gasteiger charge is -2.39. The first-order valence-electron chi connectivity index (χ1n) is 4.61. The fourth-order valence-electron chi connectivity index (χ4n) is 2.27. The minimum atomic E-state index is -0.181. The Hall–Kier alpha value is -0.110. The van der Waals surface area contributed by atoms with Gasteiger partial charge in [0.1, 0.15) is 5.78 Å². The van der Waals surface area contributed by atoms with Crippen LogP contribution in [0.4, 0.5) is 0 Å². The van der Waals surface area contributed by atoms with E-state index in [4.69, 9.17) is 0 Å². The summed E-state index contributed by atoms with van der Waals surface area (Å²) in [6.07, 6.45) is 9.40. The summed E-state index contributed by atoms with van der Waals surface area (Å²) >= 11 is 3.64. The summed E-state index contributed by atoms with van der Waals surface area (Å²) in [6.45, 7) is 0. The molecular weight excluding hydrogens is 216 g/mol. The Kier molecular flexibility index (Phi) is 2.11. The van der Waals surface area contributed by atoms with Crippen LogP contribution in [0.15, 0.2) is 12.2 Å². The van der Waals surface area contributed by atoms with Gasteiger partial charge in [0.25, 0.3) is 0 Å². The van der Waals surface area contributed by atoms with Crippen LogP contribution in [-0.2, 0) is 4.79 Å². The highest BCUT2D eigenvalue weighted by atomic mass is 79.9. The lowest BCUT2D eigenvalue weighted by molar-refractivity contribution is -0.124. The van der Waals surface area contributed by atoms with Crippen molar-refractivity contribution in [1.29, 1.82) is 0 Å². The highest BCUT2D eigenvalue weighted by molar-refractivity contribution is 9.10. The second kappa shape index (κ2) is 2.99. The van der Waals surface area contributed by atoms with E-state index in [-0.39, 0.29) is 4.32 Å². The molecule has 0 spiro atoms. The van der Waals surface area contributed by atoms with Crippen LogP contribution >= 0.6 is 15.9 Å². The van der Waals surface area contributed by atoms with Crippen LogP contribution in [0.3, 0.4) is 0 Å². The maximum absolute atomic E-state index is 11.7. The molecule has 0 amide bonds. The Morgan fingerprint density at radius 3 is 3.08 bits per heavy atom. The molecule has 1 saturated carbocycles. The summed E-state index contributed by atoms with van der Waals surface area (Å²) in [5.74, 6) is 0.979. The van der Waals surface area contributed by atoms with Gasteiger partial charge in [-0.1, -0.05) is 28.1 Å². The molecule has 0 bridgehead atoms. The third kappa shape index (κ3) is 1.17. The quantitative estimate of drug-likeness (QED) is 0.461. The summed E-state index contributed by atoms with van der Waals surface area (Å²) in [7, 11) is 0. The van der Waals surface area contributed by atoms with Crippen molar-refractivity contribution in [2.45, 2.75) is 36.4 Å². The number of Topliss-reactive ketones (excluding diaryl/α,β-unsaturated/α-hetero) is 1. The summed E-state index contributed by atoms with van der Waals surface area (Å²) < 4.78 is -0.181. The minimum absolute atomic E-state index is 0.181. The number of carbonyl (C=O) groups is 1. The Bertz CT molecular complexity index is 234. The Labute approximate surface area is 81.4 Å². The van der Waals surface area contributed by atoms with Gasteiger partial charge in [0, 0.05) is 6.42 Å². The van der Waals surface area contributed by atoms with E-state index in [0.29, 0.717) is 11.7 Å². The van der Waals surface area contributed by atoms with E-state index in [2.05, 4.69) is 28.1 Å². The van der Waals surface area contributed by atoms with Gasteiger partial charge in [-0.2, -0.15) is 0 Å². The molecule has 2 rings (SSSR count). The van der Waals surface area contributed by atoms with E-state index >= 15 is 0 Å². The van der Waals surface area contributed by atoms with E-state index in [1.807, 2.05) is 0 Å². The Morgan fingerprint density at radius 1 is 1.50 bits per heavy atom. The number of hydrogen-bond acceptors (Lipinski definition) is 1. The Morgan fingerprint density at radius 2 is 2.33 bits per heavy atom. The van der Waals surface area contributed by atoms with Crippen LogP contribution in [0, 0.1) is 5.92 Å². The van der Waals surface area contributed by atoms with Crippen molar-refractivity contribution < 1.29 is 4.79 Å². The first-order chi connectivity index (χ1) is 5.73. The molecule has 0 radical (unpaired) electrons. The number of halogens is 1. The maximum Gasteiger partial charge on any atom is 0.150 e. The number of hydrogen-bond donors (Lipinski definition) is 0. The summed E-state index contributed by atoms with van der Waals surface area (Å²) in [5.41, 5.74) is 0. The van der Waals surface area contributed by atoms with Crippen LogP contribution in [0.2, 0.25) is 0 Å². The number of ketones is 1. The number of alkyl halides is 1. The van der Waals surface area contributed by atoms with Crippen LogP contribution in [0.25, 0.3) is 0 Å². The zero-order valence-electron chi connectivity index (χ0n) is 7.05. The molecule has 2 aliphatic rings. The molecule has 2 aliphatic carbocycles. The topological polar surface area (TPSA) is 17.1 Å². The lowest BCUT2D eigenvalue weighted by Crippen LogP contribution is -2.43. The normalized spacial score (nSPS) is 41.1. The SMILES string of the molecule is O=C1CCC[C@@H]2CC=CC[C@]12Br. The average molecular weight is 229 g/mol. The number of allylic oxidation sites excluding steroid dienone is 2. The predicted molar refractivity (Wildman–Crippen MR) is 52.4 cm³/mol. The molecule has 0 aromatic heterocycles.